The zero-order chi connectivity index (χ0) is 26.3. The molecule has 2 aliphatic heterocycles. The van der Waals surface area contributed by atoms with Gasteiger partial charge in [0, 0.05) is 13.1 Å². The summed E-state index contributed by atoms with van der Waals surface area (Å²) >= 11 is -1.92. The number of carbonyl (C=O) groups excluding carboxylic acids is 1. The molecule has 2 unspecified atom stereocenters. The molecule has 1 aromatic carbocycles. The van der Waals surface area contributed by atoms with E-state index in [1.54, 1.807) is 0 Å². The molecule has 4 rings (SSSR count). The molecule has 1 amide bonds. The number of phosphoric acid groups is 1. The van der Waals surface area contributed by atoms with Crippen LogP contribution in [0.5, 0.6) is 0 Å². The first-order chi connectivity index (χ1) is 17.8. The summed E-state index contributed by atoms with van der Waals surface area (Å²) in [6, 6.07) is 9.91. The van der Waals surface area contributed by atoms with Crippen LogP contribution in [-0.4, -0.2) is 37.6 Å². The number of hydrogen-bond acceptors (Lipinski definition) is 8. The molecule has 3 heterocycles. The molecule has 0 spiro atoms. The second kappa shape index (κ2) is 13.0. The van der Waals surface area contributed by atoms with Crippen LogP contribution in [0.1, 0.15) is 41.8 Å². The number of phosphoric ester groups is 1. The van der Waals surface area contributed by atoms with Crippen LogP contribution < -0.4 is 21.3 Å². The SMILES string of the molecule is NC1=C\CI(COP(=O)([O-])O)\C=C/C=C\1c1cc(Cc2ccc(CNC3CCCCNC3=O)cc2)no1. The first kappa shape index (κ1) is 27.7. The first-order valence-corrected chi connectivity index (χ1v) is 17.7. The third-order valence-electron chi connectivity index (χ3n) is 5.99. The van der Waals surface area contributed by atoms with Crippen LogP contribution in [-0.2, 0) is 26.8 Å². The monoisotopic (exact) mass is 641 g/mol. The van der Waals surface area contributed by atoms with Crippen molar-refractivity contribution in [3.05, 3.63) is 80.9 Å². The third-order valence-corrected chi connectivity index (χ3v) is 11.1. The van der Waals surface area contributed by atoms with Crippen molar-refractivity contribution in [3.63, 3.8) is 0 Å². The fraction of sp³-hybridized carbons (Fsp3) is 0.360. The van der Waals surface area contributed by atoms with Gasteiger partial charge in [0.05, 0.1) is 6.04 Å². The quantitative estimate of drug-likeness (QED) is 0.183. The van der Waals surface area contributed by atoms with E-state index in [4.69, 9.17) is 15.2 Å². The molecule has 2 aromatic rings. The minimum atomic E-state index is -4.73. The Balaban J connectivity index is 1.34. The molecular formula is C25H31IN4O6P-. The summed E-state index contributed by atoms with van der Waals surface area (Å²) < 4.78 is 23.5. The van der Waals surface area contributed by atoms with Crippen molar-refractivity contribution in [2.75, 3.05) is 15.6 Å². The summed E-state index contributed by atoms with van der Waals surface area (Å²) in [6.45, 7) is 1.38. The maximum absolute atomic E-state index is 12.1. The molecule has 5 N–H and O–H groups in total. The predicted molar refractivity (Wildman–Crippen MR) is 147 cm³/mol. The zero-order valence-electron chi connectivity index (χ0n) is 20.3. The Labute approximate surface area is 223 Å². The number of halogens is 1. The number of benzene rings is 1. The molecule has 1 aromatic heterocycles. The zero-order valence-corrected chi connectivity index (χ0v) is 23.3. The molecule has 1 saturated heterocycles. The van der Waals surface area contributed by atoms with Crippen LogP contribution in [0.15, 0.2) is 62.9 Å². The second-order valence-electron chi connectivity index (χ2n) is 8.81. The third kappa shape index (κ3) is 8.62. The summed E-state index contributed by atoms with van der Waals surface area (Å²) in [6.07, 6.45) is 8.99. The van der Waals surface area contributed by atoms with Gasteiger partial charge in [0.2, 0.25) is 5.91 Å². The summed E-state index contributed by atoms with van der Waals surface area (Å²) in [4.78, 5) is 31.8. The van der Waals surface area contributed by atoms with Crippen molar-refractivity contribution in [1.82, 2.24) is 15.8 Å². The van der Waals surface area contributed by atoms with Gasteiger partial charge in [-0.3, -0.25) is 4.79 Å². The molecule has 10 nitrogen and oxygen atoms in total. The van der Waals surface area contributed by atoms with E-state index in [1.165, 1.54) is 0 Å². The van der Waals surface area contributed by atoms with Crippen LogP contribution in [0, 0.1) is 0 Å². The molecule has 200 valence electrons. The van der Waals surface area contributed by atoms with Gasteiger partial charge in [0.1, 0.15) is 0 Å². The Morgan fingerprint density at radius 2 is 2.08 bits per heavy atom. The summed E-state index contributed by atoms with van der Waals surface area (Å²) in [5, 5.41) is 10.5. The fourth-order valence-electron chi connectivity index (χ4n) is 3.99. The molecule has 0 bridgehead atoms. The van der Waals surface area contributed by atoms with Crippen LogP contribution in [0.3, 0.4) is 0 Å². The summed E-state index contributed by atoms with van der Waals surface area (Å²) in [5.74, 6) is 0.628. The molecule has 0 radical (unpaired) electrons. The van der Waals surface area contributed by atoms with E-state index in [2.05, 4.69) is 20.3 Å². The summed E-state index contributed by atoms with van der Waals surface area (Å²) in [5.41, 5.74) is 10.4. The van der Waals surface area contributed by atoms with Gasteiger partial charge in [-0.15, -0.1) is 0 Å². The molecule has 12 heteroatoms. The number of carbonyl (C=O) groups is 1. The van der Waals surface area contributed by atoms with E-state index in [0.29, 0.717) is 34.4 Å². The number of allylic oxidation sites excluding steroid dienone is 4. The van der Waals surface area contributed by atoms with Crippen LogP contribution in [0.25, 0.3) is 5.57 Å². The second-order valence-corrected chi connectivity index (χ2v) is 15.1. The Morgan fingerprint density at radius 1 is 1.30 bits per heavy atom. The Morgan fingerprint density at radius 3 is 2.86 bits per heavy atom. The normalized spacial score (nSPS) is 24.9. The van der Waals surface area contributed by atoms with E-state index in [1.807, 2.05) is 52.6 Å². The van der Waals surface area contributed by atoms with Gasteiger partial charge >= 0.3 is 164 Å². The van der Waals surface area contributed by atoms with Crippen LogP contribution in [0.4, 0.5) is 0 Å². The van der Waals surface area contributed by atoms with Gasteiger partial charge in [-0.1, -0.05) is 0 Å². The number of rotatable bonds is 9. The Hall–Kier alpha value is -2.28. The number of nitrogens with two attached hydrogens (primary N) is 1. The first-order valence-electron chi connectivity index (χ1n) is 11.9. The number of aromatic nitrogens is 1. The molecular weight excluding hydrogens is 610 g/mol. The molecule has 2 aliphatic rings. The fourth-order valence-corrected chi connectivity index (χ4v) is 8.95. The maximum atomic E-state index is 12.1. The van der Waals surface area contributed by atoms with E-state index in [9.17, 15) is 14.3 Å². The molecule has 37 heavy (non-hydrogen) atoms. The molecule has 0 saturated carbocycles. The van der Waals surface area contributed by atoms with Gasteiger partial charge < -0.3 is 10.6 Å². The van der Waals surface area contributed by atoms with Gasteiger partial charge in [0.25, 0.3) is 0 Å². The van der Waals surface area contributed by atoms with Crippen LogP contribution in [0.2, 0.25) is 0 Å². The molecule has 2 atom stereocenters. The minimum absolute atomic E-state index is 0.0120. The van der Waals surface area contributed by atoms with Gasteiger partial charge in [-0.05, 0) is 19.3 Å². The van der Waals surface area contributed by atoms with E-state index < -0.39 is 27.6 Å². The Kier molecular flexibility index (Phi) is 9.74. The van der Waals surface area contributed by atoms with Crippen molar-refractivity contribution in [2.24, 2.45) is 5.73 Å². The van der Waals surface area contributed by atoms with Gasteiger partial charge in [0.15, 0.2) is 0 Å². The van der Waals surface area contributed by atoms with Gasteiger partial charge in [-0.25, -0.2) is 0 Å². The number of nitrogens with one attached hydrogen (secondary N) is 2. The van der Waals surface area contributed by atoms with Crippen molar-refractivity contribution in [1.29, 1.82) is 0 Å². The number of amides is 1. The van der Waals surface area contributed by atoms with Crippen LogP contribution >= 0.6 is 27.6 Å². The summed E-state index contributed by atoms with van der Waals surface area (Å²) in [7, 11) is -4.73. The standard InChI is InChI=1S/C25H32IN4O6P/c27-22-10-12-26(17-35-37(32,33)34)11-3-4-21(22)24-15-20(30-36-24)14-18-6-8-19(9-7-18)16-29-23-5-1-2-13-28-25(23)31/h3-4,6-11,15,23,29H,1-2,5,12-14,16-17,27H2,(H,28,31)(H2,32,33,34)/p-1/b11-3-,21-4+,22-10-. The van der Waals surface area contributed by atoms with E-state index >= 15 is 0 Å². The average Bonchev–Trinajstić information content (AvgIpc) is 3.20. The molecule has 1 fully saturated rings. The van der Waals surface area contributed by atoms with E-state index in [0.717, 1.165) is 42.6 Å². The average molecular weight is 641 g/mol. The van der Waals surface area contributed by atoms with E-state index in [-0.39, 0.29) is 16.6 Å². The topological polar surface area (TPSA) is 163 Å². The Bertz CT molecular complexity index is 1220. The predicted octanol–water partition coefficient (Wildman–Crippen LogP) is 2.72. The number of hydrogen-bond donors (Lipinski definition) is 4. The number of nitrogens with zero attached hydrogens (tertiary/aromatic N) is 1. The number of alkyl halides is 2. The van der Waals surface area contributed by atoms with Gasteiger partial charge in [-0.2, -0.15) is 0 Å². The molecule has 0 aliphatic carbocycles. The van der Waals surface area contributed by atoms with Crippen molar-refractivity contribution < 1.29 is 28.2 Å². The van der Waals surface area contributed by atoms with Crippen molar-refractivity contribution in [2.45, 2.75) is 38.3 Å². The van der Waals surface area contributed by atoms with Crippen molar-refractivity contribution in [3.8, 4) is 0 Å². The van der Waals surface area contributed by atoms with Crippen molar-refractivity contribution >= 4 is 39.1 Å².